The number of Topliss-reactive ketones (excluding diaryl/α,β-unsaturated/α-hetero) is 2. The van der Waals surface area contributed by atoms with Crippen LogP contribution in [-0.2, 0) is 9.59 Å². The summed E-state index contributed by atoms with van der Waals surface area (Å²) in [6, 6.07) is 0. The molecule has 0 fully saturated rings. The van der Waals surface area contributed by atoms with Crippen molar-refractivity contribution in [3.05, 3.63) is 11.3 Å². The zero-order valence-electron chi connectivity index (χ0n) is 26.9. The number of unbranched alkanes of at least 4 members (excludes halogenated alkanes) is 24. The predicted molar refractivity (Wildman–Crippen MR) is 171 cm³/mol. The molecule has 1 aliphatic rings. The van der Waals surface area contributed by atoms with Gasteiger partial charge >= 0.3 is 0 Å². The molecule has 0 unspecified atom stereocenters. The Hall–Kier alpha value is -1.16. The van der Waals surface area contributed by atoms with Gasteiger partial charge in [0.05, 0.1) is 0 Å². The van der Waals surface area contributed by atoms with E-state index in [0.717, 1.165) is 30.7 Å². The summed E-state index contributed by atoms with van der Waals surface area (Å²) in [5, 5.41) is 11.3. The van der Waals surface area contributed by atoms with Crippen molar-refractivity contribution in [1.82, 2.24) is 5.06 Å². The average molecular weight is 562 g/mol. The van der Waals surface area contributed by atoms with E-state index in [4.69, 9.17) is 0 Å². The minimum Gasteiger partial charge on any atom is -0.294 e. The van der Waals surface area contributed by atoms with Gasteiger partial charge in [0.2, 0.25) is 0 Å². The molecule has 0 aromatic heterocycles. The Kier molecular flexibility index (Phi) is 24.6. The first-order valence-electron chi connectivity index (χ1n) is 17.9. The van der Waals surface area contributed by atoms with Crippen LogP contribution in [0.25, 0.3) is 0 Å². The standard InChI is InChI=1S/C36H67NO3/c1-3-5-7-9-11-13-15-17-19-21-23-25-27-29-34(38)33-31-32-37(40)36(33)35(39)30-28-26-24-22-20-18-16-14-12-10-8-6-4-2/h40H,3-32H2,1-2H3. The van der Waals surface area contributed by atoms with Gasteiger partial charge in [-0.05, 0) is 19.3 Å². The number of ketones is 2. The Bertz CT molecular complexity index is 656. The first-order chi connectivity index (χ1) is 19.6. The fourth-order valence-electron chi connectivity index (χ4n) is 6.06. The number of hydrogen-bond acceptors (Lipinski definition) is 4. The SMILES string of the molecule is CCCCCCCCCCCCCCCC(=O)C1=C(C(=O)CCCCCCCCCCCCCCC)N(O)CC1. The molecule has 0 aromatic rings. The normalized spacial score (nSPS) is 13.5. The lowest BCUT2D eigenvalue weighted by Crippen LogP contribution is -2.21. The summed E-state index contributed by atoms with van der Waals surface area (Å²) in [5.41, 5.74) is 0.889. The number of allylic oxidation sites excluding steroid dienone is 1. The van der Waals surface area contributed by atoms with Crippen molar-refractivity contribution in [2.24, 2.45) is 0 Å². The topological polar surface area (TPSA) is 57.6 Å². The van der Waals surface area contributed by atoms with E-state index in [1.54, 1.807) is 0 Å². The molecule has 0 saturated carbocycles. The van der Waals surface area contributed by atoms with Crippen LogP contribution in [0.1, 0.15) is 200 Å². The molecule has 1 rings (SSSR count). The summed E-state index contributed by atoms with van der Waals surface area (Å²) >= 11 is 0. The summed E-state index contributed by atoms with van der Waals surface area (Å²) < 4.78 is 0. The van der Waals surface area contributed by atoms with Crippen LogP contribution in [0, 0.1) is 0 Å². The molecule has 234 valence electrons. The Morgan fingerprint density at radius 2 is 0.800 bits per heavy atom. The molecule has 0 spiro atoms. The molecular weight excluding hydrogens is 494 g/mol. The first kappa shape index (κ1) is 36.9. The largest absolute Gasteiger partial charge is 0.294 e. The molecule has 1 N–H and O–H groups in total. The number of carbonyl (C=O) groups is 2. The Morgan fingerprint density at radius 3 is 1.15 bits per heavy atom. The van der Waals surface area contributed by atoms with E-state index in [2.05, 4.69) is 13.8 Å². The molecule has 0 amide bonds. The van der Waals surface area contributed by atoms with Crippen LogP contribution in [-0.4, -0.2) is 28.4 Å². The fraction of sp³-hybridized carbons (Fsp3) is 0.889. The highest BCUT2D eigenvalue weighted by molar-refractivity contribution is 6.06. The highest BCUT2D eigenvalue weighted by atomic mass is 16.5. The second-order valence-corrected chi connectivity index (χ2v) is 12.5. The van der Waals surface area contributed by atoms with Gasteiger partial charge in [0.15, 0.2) is 11.6 Å². The average Bonchev–Trinajstić information content (AvgIpc) is 3.35. The van der Waals surface area contributed by atoms with Crippen LogP contribution in [0.15, 0.2) is 11.3 Å². The third-order valence-corrected chi connectivity index (χ3v) is 8.73. The van der Waals surface area contributed by atoms with Crippen LogP contribution in [0.4, 0.5) is 0 Å². The molecule has 40 heavy (non-hydrogen) atoms. The van der Waals surface area contributed by atoms with Crippen molar-refractivity contribution < 1.29 is 14.8 Å². The number of hydroxylamine groups is 2. The maximum absolute atomic E-state index is 12.8. The molecule has 1 heterocycles. The summed E-state index contributed by atoms with van der Waals surface area (Å²) in [7, 11) is 0. The van der Waals surface area contributed by atoms with E-state index in [9.17, 15) is 14.8 Å². The van der Waals surface area contributed by atoms with E-state index in [0.29, 0.717) is 37.1 Å². The summed E-state index contributed by atoms with van der Waals surface area (Å²) in [6.45, 7) is 4.91. The second-order valence-electron chi connectivity index (χ2n) is 12.5. The highest BCUT2D eigenvalue weighted by Gasteiger charge is 2.30. The van der Waals surface area contributed by atoms with Gasteiger partial charge in [-0.15, -0.1) is 0 Å². The van der Waals surface area contributed by atoms with Crippen LogP contribution in [0.3, 0.4) is 0 Å². The van der Waals surface area contributed by atoms with Crippen molar-refractivity contribution in [2.45, 2.75) is 200 Å². The van der Waals surface area contributed by atoms with Gasteiger partial charge in [-0.2, -0.15) is 0 Å². The molecule has 0 atom stereocenters. The van der Waals surface area contributed by atoms with Gasteiger partial charge in [-0.1, -0.05) is 168 Å². The van der Waals surface area contributed by atoms with E-state index >= 15 is 0 Å². The second kappa shape index (κ2) is 26.7. The Morgan fingerprint density at radius 1 is 0.500 bits per heavy atom. The first-order valence-corrected chi connectivity index (χ1v) is 17.9. The molecule has 0 aliphatic carbocycles. The fourth-order valence-corrected chi connectivity index (χ4v) is 6.06. The lowest BCUT2D eigenvalue weighted by molar-refractivity contribution is -0.124. The Balaban J connectivity index is 2.09. The van der Waals surface area contributed by atoms with Crippen LogP contribution >= 0.6 is 0 Å². The lowest BCUT2D eigenvalue weighted by atomic mass is 9.98. The van der Waals surface area contributed by atoms with E-state index in [-0.39, 0.29) is 11.6 Å². The van der Waals surface area contributed by atoms with Crippen LogP contribution in [0.5, 0.6) is 0 Å². The number of hydrogen-bond donors (Lipinski definition) is 1. The van der Waals surface area contributed by atoms with Gasteiger partial charge in [0, 0.05) is 25.0 Å². The molecule has 1 aliphatic heterocycles. The third kappa shape index (κ3) is 19.1. The van der Waals surface area contributed by atoms with Crippen molar-refractivity contribution in [3.8, 4) is 0 Å². The predicted octanol–water partition coefficient (Wildman–Crippen LogP) is 11.4. The molecular formula is C36H67NO3. The van der Waals surface area contributed by atoms with Crippen LogP contribution < -0.4 is 0 Å². The van der Waals surface area contributed by atoms with Crippen molar-refractivity contribution in [1.29, 1.82) is 0 Å². The van der Waals surface area contributed by atoms with E-state index in [1.165, 1.54) is 141 Å². The molecule has 0 saturated heterocycles. The van der Waals surface area contributed by atoms with Crippen molar-refractivity contribution in [3.63, 3.8) is 0 Å². The minimum absolute atomic E-state index is 0.0446. The number of rotatable bonds is 30. The zero-order valence-corrected chi connectivity index (χ0v) is 26.9. The smallest absolute Gasteiger partial charge is 0.181 e. The van der Waals surface area contributed by atoms with Gasteiger partial charge in [0.25, 0.3) is 0 Å². The van der Waals surface area contributed by atoms with Gasteiger partial charge in [-0.3, -0.25) is 19.9 Å². The van der Waals surface area contributed by atoms with Gasteiger partial charge in [0.1, 0.15) is 5.70 Å². The van der Waals surface area contributed by atoms with Crippen molar-refractivity contribution in [2.75, 3.05) is 6.54 Å². The lowest BCUT2D eigenvalue weighted by Gasteiger charge is -2.13. The maximum atomic E-state index is 12.8. The molecule has 4 nitrogen and oxygen atoms in total. The Labute approximate surface area is 249 Å². The summed E-state index contributed by atoms with van der Waals surface area (Å²) in [6.07, 6.45) is 34.8. The quantitative estimate of drug-likeness (QED) is 0.0886. The summed E-state index contributed by atoms with van der Waals surface area (Å²) in [5.74, 6) is 0.0325. The molecule has 0 bridgehead atoms. The summed E-state index contributed by atoms with van der Waals surface area (Å²) in [4.78, 5) is 25.7. The molecule has 4 heteroatoms. The highest BCUT2D eigenvalue weighted by Crippen LogP contribution is 2.26. The zero-order chi connectivity index (χ0) is 29.1. The molecule has 0 aromatic carbocycles. The maximum Gasteiger partial charge on any atom is 0.181 e. The van der Waals surface area contributed by atoms with Gasteiger partial charge in [-0.25, -0.2) is 0 Å². The third-order valence-electron chi connectivity index (χ3n) is 8.73. The van der Waals surface area contributed by atoms with Gasteiger partial charge < -0.3 is 0 Å². The van der Waals surface area contributed by atoms with Crippen molar-refractivity contribution >= 4 is 11.6 Å². The number of carbonyl (C=O) groups excluding carboxylic acids is 2. The minimum atomic E-state index is -0.0446. The molecule has 0 radical (unpaired) electrons. The van der Waals surface area contributed by atoms with E-state index < -0.39 is 0 Å². The van der Waals surface area contributed by atoms with E-state index in [1.807, 2.05) is 0 Å². The number of nitrogens with zero attached hydrogens (tertiary/aromatic N) is 1. The van der Waals surface area contributed by atoms with Crippen LogP contribution in [0.2, 0.25) is 0 Å². The monoisotopic (exact) mass is 562 g/mol.